The highest BCUT2D eigenvalue weighted by atomic mass is 32.2. The number of nitrogens with zero attached hydrogens (tertiary/aromatic N) is 1. The summed E-state index contributed by atoms with van der Waals surface area (Å²) in [5.74, 6) is 0.369. The zero-order valence-corrected chi connectivity index (χ0v) is 13.9. The van der Waals surface area contributed by atoms with E-state index in [1.54, 1.807) is 16.2 Å². The predicted octanol–water partition coefficient (Wildman–Crippen LogP) is 2.28. The molecule has 0 saturated carbocycles. The average molecular weight is 327 g/mol. The van der Waals surface area contributed by atoms with Crippen LogP contribution in [0.25, 0.3) is 0 Å². The van der Waals surface area contributed by atoms with Gasteiger partial charge in [-0.1, -0.05) is 6.92 Å². The van der Waals surface area contributed by atoms with Crippen molar-refractivity contribution in [1.29, 1.82) is 0 Å². The number of sulfone groups is 1. The molecule has 4 nitrogen and oxygen atoms in total. The number of rotatable bonds is 4. The summed E-state index contributed by atoms with van der Waals surface area (Å²) in [6.07, 6.45) is 4.78. The van der Waals surface area contributed by atoms with E-state index in [-0.39, 0.29) is 23.5 Å². The highest BCUT2D eigenvalue weighted by Crippen LogP contribution is 2.32. The molecule has 0 bridgehead atoms. The van der Waals surface area contributed by atoms with Crippen molar-refractivity contribution in [2.75, 3.05) is 18.1 Å². The van der Waals surface area contributed by atoms with Crippen LogP contribution >= 0.6 is 11.3 Å². The maximum absolute atomic E-state index is 12.8. The standard InChI is InChI=1S/C15H21NO3S2/c1-2-7-16(12-6-8-21(18,19)10-12)15(17)14-9-11-4-3-5-13(11)20-14/h9,12H,2-8,10H2,1H3. The van der Waals surface area contributed by atoms with Crippen LogP contribution in [-0.2, 0) is 22.7 Å². The molecule has 1 aliphatic heterocycles. The number of aryl methyl sites for hydroxylation is 2. The van der Waals surface area contributed by atoms with Crippen LogP contribution in [0.2, 0.25) is 0 Å². The highest BCUT2D eigenvalue weighted by Gasteiger charge is 2.35. The van der Waals surface area contributed by atoms with Gasteiger partial charge in [0, 0.05) is 17.5 Å². The predicted molar refractivity (Wildman–Crippen MR) is 84.7 cm³/mol. The summed E-state index contributed by atoms with van der Waals surface area (Å²) in [7, 11) is -2.96. The van der Waals surface area contributed by atoms with Crippen molar-refractivity contribution in [3.8, 4) is 0 Å². The molecule has 21 heavy (non-hydrogen) atoms. The van der Waals surface area contributed by atoms with Gasteiger partial charge in [0.2, 0.25) is 0 Å². The summed E-state index contributed by atoms with van der Waals surface area (Å²) in [4.78, 5) is 16.7. The monoisotopic (exact) mass is 327 g/mol. The summed E-state index contributed by atoms with van der Waals surface area (Å²) in [6.45, 7) is 2.67. The first-order valence-electron chi connectivity index (χ1n) is 7.63. The molecule has 1 aromatic heterocycles. The molecule has 0 N–H and O–H groups in total. The molecule has 1 aliphatic carbocycles. The Morgan fingerprint density at radius 3 is 2.86 bits per heavy atom. The van der Waals surface area contributed by atoms with Gasteiger partial charge in [0.05, 0.1) is 16.4 Å². The molecule has 0 spiro atoms. The van der Waals surface area contributed by atoms with Crippen molar-refractivity contribution in [3.63, 3.8) is 0 Å². The first kappa shape index (κ1) is 15.0. The maximum atomic E-state index is 12.8. The van der Waals surface area contributed by atoms with Crippen molar-refractivity contribution >= 4 is 27.1 Å². The molecule has 1 atom stereocenters. The molecule has 3 rings (SSSR count). The number of fused-ring (bicyclic) bond motifs is 1. The number of hydrogen-bond acceptors (Lipinski definition) is 4. The van der Waals surface area contributed by atoms with Crippen LogP contribution in [0, 0.1) is 0 Å². The first-order chi connectivity index (χ1) is 10.00. The van der Waals surface area contributed by atoms with Crippen LogP contribution in [0.4, 0.5) is 0 Å². The van der Waals surface area contributed by atoms with E-state index in [0.29, 0.717) is 13.0 Å². The lowest BCUT2D eigenvalue weighted by atomic mass is 10.2. The Balaban J connectivity index is 1.81. The summed E-state index contributed by atoms with van der Waals surface area (Å²) < 4.78 is 23.4. The molecule has 0 radical (unpaired) electrons. The fraction of sp³-hybridized carbons (Fsp3) is 0.667. The van der Waals surface area contributed by atoms with E-state index < -0.39 is 9.84 Å². The van der Waals surface area contributed by atoms with E-state index in [4.69, 9.17) is 0 Å². The van der Waals surface area contributed by atoms with Gasteiger partial charge in [-0.15, -0.1) is 11.3 Å². The number of amides is 1. The smallest absolute Gasteiger partial charge is 0.264 e. The Kier molecular flexibility index (Phi) is 4.10. The zero-order chi connectivity index (χ0) is 15.0. The summed E-state index contributed by atoms with van der Waals surface area (Å²) in [5, 5.41) is 0. The van der Waals surface area contributed by atoms with Gasteiger partial charge in [0.1, 0.15) is 0 Å². The molecule has 1 fully saturated rings. The molecule has 1 amide bonds. The topological polar surface area (TPSA) is 54.5 Å². The minimum atomic E-state index is -2.96. The molecular weight excluding hydrogens is 306 g/mol. The molecule has 0 aromatic carbocycles. The van der Waals surface area contributed by atoms with E-state index in [1.165, 1.54) is 16.9 Å². The van der Waals surface area contributed by atoms with Gasteiger partial charge in [-0.2, -0.15) is 0 Å². The number of carbonyl (C=O) groups excluding carboxylic acids is 1. The third kappa shape index (κ3) is 3.01. The largest absolute Gasteiger partial charge is 0.334 e. The van der Waals surface area contributed by atoms with Crippen molar-refractivity contribution in [3.05, 3.63) is 21.4 Å². The Labute approximate surface area is 130 Å². The van der Waals surface area contributed by atoms with E-state index in [9.17, 15) is 13.2 Å². The van der Waals surface area contributed by atoms with Gasteiger partial charge in [-0.25, -0.2) is 8.42 Å². The number of thiophene rings is 1. The van der Waals surface area contributed by atoms with Gasteiger partial charge in [0.25, 0.3) is 5.91 Å². The minimum Gasteiger partial charge on any atom is -0.334 e. The second kappa shape index (κ2) is 5.72. The van der Waals surface area contributed by atoms with Gasteiger partial charge in [-0.3, -0.25) is 4.79 Å². The lowest BCUT2D eigenvalue weighted by Gasteiger charge is -2.27. The first-order valence-corrected chi connectivity index (χ1v) is 10.3. The van der Waals surface area contributed by atoms with Gasteiger partial charge < -0.3 is 4.90 Å². The number of hydrogen-bond donors (Lipinski definition) is 0. The highest BCUT2D eigenvalue weighted by molar-refractivity contribution is 7.91. The molecule has 6 heteroatoms. The molecular formula is C15H21NO3S2. The molecule has 2 heterocycles. The molecule has 116 valence electrons. The summed E-state index contributed by atoms with van der Waals surface area (Å²) in [6, 6.07) is 1.89. The lowest BCUT2D eigenvalue weighted by Crippen LogP contribution is -2.41. The van der Waals surface area contributed by atoms with E-state index in [1.807, 2.05) is 13.0 Å². The maximum Gasteiger partial charge on any atom is 0.264 e. The third-order valence-corrected chi connectivity index (χ3v) is 7.31. The van der Waals surface area contributed by atoms with Crippen LogP contribution in [0.5, 0.6) is 0 Å². The van der Waals surface area contributed by atoms with E-state index in [0.717, 1.165) is 24.1 Å². The van der Waals surface area contributed by atoms with Gasteiger partial charge in [0.15, 0.2) is 9.84 Å². The van der Waals surface area contributed by atoms with E-state index >= 15 is 0 Å². The molecule has 1 aromatic rings. The Hall–Kier alpha value is -0.880. The Morgan fingerprint density at radius 2 is 2.24 bits per heavy atom. The Morgan fingerprint density at radius 1 is 1.43 bits per heavy atom. The van der Waals surface area contributed by atoms with Crippen molar-refractivity contribution in [2.24, 2.45) is 0 Å². The Bertz CT molecular complexity index is 626. The van der Waals surface area contributed by atoms with Gasteiger partial charge in [-0.05, 0) is 43.7 Å². The zero-order valence-electron chi connectivity index (χ0n) is 12.3. The van der Waals surface area contributed by atoms with Crippen molar-refractivity contribution in [2.45, 2.75) is 45.1 Å². The number of carbonyl (C=O) groups is 1. The van der Waals surface area contributed by atoms with Crippen molar-refractivity contribution in [1.82, 2.24) is 4.90 Å². The average Bonchev–Trinajstić information content (AvgIpc) is 3.08. The van der Waals surface area contributed by atoms with Crippen LogP contribution in [-0.4, -0.2) is 43.3 Å². The van der Waals surface area contributed by atoms with Crippen LogP contribution < -0.4 is 0 Å². The second-order valence-corrected chi connectivity index (χ2v) is 9.33. The molecule has 2 aliphatic rings. The third-order valence-electron chi connectivity index (χ3n) is 4.33. The minimum absolute atomic E-state index is 0.0263. The fourth-order valence-electron chi connectivity index (χ4n) is 3.29. The van der Waals surface area contributed by atoms with Gasteiger partial charge >= 0.3 is 0 Å². The van der Waals surface area contributed by atoms with Crippen LogP contribution in [0.15, 0.2) is 6.07 Å². The second-order valence-electron chi connectivity index (χ2n) is 5.97. The summed E-state index contributed by atoms with van der Waals surface area (Å²) >= 11 is 1.60. The van der Waals surface area contributed by atoms with Crippen molar-refractivity contribution < 1.29 is 13.2 Å². The normalized spacial score (nSPS) is 23.2. The molecule has 1 unspecified atom stereocenters. The SMILES string of the molecule is CCCN(C(=O)c1cc2c(s1)CCC2)C1CCS(=O)(=O)C1. The lowest BCUT2D eigenvalue weighted by molar-refractivity contribution is 0.0702. The summed E-state index contributed by atoms with van der Waals surface area (Å²) in [5.41, 5.74) is 1.32. The quantitative estimate of drug-likeness (QED) is 0.852. The van der Waals surface area contributed by atoms with Crippen LogP contribution in [0.3, 0.4) is 0 Å². The fourth-order valence-corrected chi connectivity index (χ4v) is 6.23. The van der Waals surface area contributed by atoms with Crippen LogP contribution in [0.1, 0.15) is 46.3 Å². The van der Waals surface area contributed by atoms with E-state index in [2.05, 4.69) is 0 Å². The molecule has 1 saturated heterocycles.